The van der Waals surface area contributed by atoms with Crippen molar-refractivity contribution in [2.24, 2.45) is 0 Å². The van der Waals surface area contributed by atoms with Gasteiger partial charge in [-0.1, -0.05) is 6.07 Å². The van der Waals surface area contributed by atoms with Crippen LogP contribution >= 0.6 is 0 Å². The average molecular weight is 263 g/mol. The van der Waals surface area contributed by atoms with Crippen molar-refractivity contribution in [3.8, 4) is 11.5 Å². The molecule has 1 N–H and O–H groups in total. The molecule has 0 saturated carbocycles. The lowest BCUT2D eigenvalue weighted by Crippen LogP contribution is -2.31. The molecule has 3 nitrogen and oxygen atoms in total. The highest BCUT2D eigenvalue weighted by molar-refractivity contribution is 5.42. The predicted molar refractivity (Wildman–Crippen MR) is 62.2 cm³/mol. The Morgan fingerprint density at radius 3 is 2.56 bits per heavy atom. The molecule has 0 aromatic heterocycles. The quantitative estimate of drug-likeness (QED) is 0.800. The minimum atomic E-state index is -4.19. The van der Waals surface area contributed by atoms with Crippen LogP contribution in [0.5, 0.6) is 11.5 Å². The Bertz CT molecular complexity index is 380. The summed E-state index contributed by atoms with van der Waals surface area (Å²) in [4.78, 5) is 0. The number of aryl methyl sites for hydroxylation is 1. The van der Waals surface area contributed by atoms with Gasteiger partial charge in [0.25, 0.3) is 0 Å². The molecule has 1 aromatic rings. The molecule has 0 aliphatic carbocycles. The smallest absolute Gasteiger partial charge is 0.401 e. The van der Waals surface area contributed by atoms with Gasteiger partial charge < -0.3 is 14.8 Å². The monoisotopic (exact) mass is 263 g/mol. The van der Waals surface area contributed by atoms with Crippen LogP contribution in [-0.4, -0.2) is 33.0 Å². The lowest BCUT2D eigenvalue weighted by molar-refractivity contribution is -0.124. The van der Waals surface area contributed by atoms with Crippen LogP contribution in [0.3, 0.4) is 0 Å². The second-order valence-electron chi connectivity index (χ2n) is 3.79. The van der Waals surface area contributed by atoms with Gasteiger partial charge in [0.15, 0.2) is 11.5 Å². The zero-order chi connectivity index (χ0) is 13.6. The first kappa shape index (κ1) is 14.6. The van der Waals surface area contributed by atoms with Crippen LogP contribution in [0.25, 0.3) is 0 Å². The third-order valence-electron chi connectivity index (χ3n) is 2.18. The Kier molecular flexibility index (Phi) is 5.27. The maximum absolute atomic E-state index is 11.8. The number of hydrogen-bond acceptors (Lipinski definition) is 3. The highest BCUT2D eigenvalue weighted by Gasteiger charge is 2.25. The molecular weight excluding hydrogens is 247 g/mol. The lowest BCUT2D eigenvalue weighted by atomic mass is 10.2. The van der Waals surface area contributed by atoms with Crippen molar-refractivity contribution in [1.82, 2.24) is 5.32 Å². The highest BCUT2D eigenvalue weighted by atomic mass is 19.4. The Balaban J connectivity index is 2.35. The molecule has 18 heavy (non-hydrogen) atoms. The molecule has 102 valence electrons. The van der Waals surface area contributed by atoms with Gasteiger partial charge in [-0.2, -0.15) is 13.2 Å². The number of benzene rings is 1. The van der Waals surface area contributed by atoms with Crippen molar-refractivity contribution < 1.29 is 22.6 Å². The van der Waals surface area contributed by atoms with Crippen LogP contribution in [0.2, 0.25) is 0 Å². The van der Waals surface area contributed by atoms with Crippen LogP contribution in [0.1, 0.15) is 5.56 Å². The summed E-state index contributed by atoms with van der Waals surface area (Å²) in [5, 5.41) is 2.25. The first-order valence-electron chi connectivity index (χ1n) is 5.47. The second-order valence-corrected chi connectivity index (χ2v) is 3.79. The van der Waals surface area contributed by atoms with Gasteiger partial charge in [-0.15, -0.1) is 0 Å². The summed E-state index contributed by atoms with van der Waals surface area (Å²) < 4.78 is 46.0. The molecule has 0 spiro atoms. The van der Waals surface area contributed by atoms with Crippen molar-refractivity contribution in [3.05, 3.63) is 23.8 Å². The zero-order valence-electron chi connectivity index (χ0n) is 10.3. The van der Waals surface area contributed by atoms with Crippen molar-refractivity contribution >= 4 is 0 Å². The van der Waals surface area contributed by atoms with Gasteiger partial charge in [0, 0.05) is 6.54 Å². The first-order valence-corrected chi connectivity index (χ1v) is 5.47. The molecule has 1 rings (SSSR count). The van der Waals surface area contributed by atoms with Gasteiger partial charge in [-0.3, -0.25) is 0 Å². The summed E-state index contributed by atoms with van der Waals surface area (Å²) in [7, 11) is 1.52. The van der Waals surface area contributed by atoms with E-state index in [-0.39, 0.29) is 13.2 Å². The molecule has 0 aliphatic heterocycles. The molecule has 0 bridgehead atoms. The van der Waals surface area contributed by atoms with E-state index in [1.165, 1.54) is 7.11 Å². The summed E-state index contributed by atoms with van der Waals surface area (Å²) in [6.45, 7) is 1.17. The fourth-order valence-corrected chi connectivity index (χ4v) is 1.36. The van der Waals surface area contributed by atoms with Crippen molar-refractivity contribution in [2.45, 2.75) is 13.1 Å². The standard InChI is InChI=1S/C12H16F3NO2/c1-9-3-4-10(11(7-9)17-2)18-6-5-16-8-12(13,14)15/h3-4,7,16H,5-6,8H2,1-2H3. The van der Waals surface area contributed by atoms with E-state index in [0.29, 0.717) is 11.5 Å². The van der Waals surface area contributed by atoms with E-state index in [2.05, 4.69) is 5.32 Å². The minimum Gasteiger partial charge on any atom is -0.493 e. The second kappa shape index (κ2) is 6.49. The van der Waals surface area contributed by atoms with Crippen molar-refractivity contribution in [2.75, 3.05) is 26.8 Å². The fourth-order valence-electron chi connectivity index (χ4n) is 1.36. The largest absolute Gasteiger partial charge is 0.493 e. The number of hydrogen-bond donors (Lipinski definition) is 1. The molecule has 0 aliphatic rings. The third-order valence-corrected chi connectivity index (χ3v) is 2.18. The summed E-state index contributed by atoms with van der Waals surface area (Å²) >= 11 is 0. The van der Waals surface area contributed by atoms with Crippen LogP contribution < -0.4 is 14.8 Å². The van der Waals surface area contributed by atoms with Gasteiger partial charge in [0.2, 0.25) is 0 Å². The predicted octanol–water partition coefficient (Wildman–Crippen LogP) is 2.53. The molecule has 1 aromatic carbocycles. The molecular formula is C12H16F3NO2. The number of methoxy groups -OCH3 is 1. The van der Waals surface area contributed by atoms with Gasteiger partial charge in [0.1, 0.15) is 6.61 Å². The van der Waals surface area contributed by atoms with E-state index in [4.69, 9.17) is 9.47 Å². The molecule has 0 radical (unpaired) electrons. The van der Waals surface area contributed by atoms with E-state index in [9.17, 15) is 13.2 Å². The van der Waals surface area contributed by atoms with E-state index in [0.717, 1.165) is 5.56 Å². The summed E-state index contributed by atoms with van der Waals surface area (Å²) in [6.07, 6.45) is -4.19. The van der Waals surface area contributed by atoms with E-state index < -0.39 is 12.7 Å². The van der Waals surface area contributed by atoms with Crippen molar-refractivity contribution in [3.63, 3.8) is 0 Å². The molecule has 0 saturated heterocycles. The van der Waals surface area contributed by atoms with Crippen LogP contribution in [0.15, 0.2) is 18.2 Å². The van der Waals surface area contributed by atoms with Gasteiger partial charge >= 0.3 is 6.18 Å². The van der Waals surface area contributed by atoms with Crippen LogP contribution in [0.4, 0.5) is 13.2 Å². The third kappa shape index (κ3) is 5.27. The lowest BCUT2D eigenvalue weighted by Gasteiger charge is -2.12. The molecule has 0 fully saturated rings. The summed E-state index contributed by atoms with van der Waals surface area (Å²) in [6, 6.07) is 5.39. The molecule has 0 atom stereocenters. The van der Waals surface area contributed by atoms with E-state index in [1.807, 2.05) is 13.0 Å². The summed E-state index contributed by atoms with van der Waals surface area (Å²) in [5.41, 5.74) is 1.02. The number of ether oxygens (including phenoxy) is 2. The fraction of sp³-hybridized carbons (Fsp3) is 0.500. The first-order chi connectivity index (χ1) is 8.42. The maximum atomic E-state index is 11.8. The van der Waals surface area contributed by atoms with E-state index in [1.54, 1.807) is 12.1 Å². The van der Waals surface area contributed by atoms with E-state index >= 15 is 0 Å². The molecule has 6 heteroatoms. The maximum Gasteiger partial charge on any atom is 0.401 e. The number of alkyl halides is 3. The van der Waals surface area contributed by atoms with Crippen LogP contribution in [-0.2, 0) is 0 Å². The molecule has 0 amide bonds. The van der Waals surface area contributed by atoms with Crippen LogP contribution in [0, 0.1) is 6.92 Å². The van der Waals surface area contributed by atoms with Gasteiger partial charge in [-0.25, -0.2) is 0 Å². The van der Waals surface area contributed by atoms with Gasteiger partial charge in [0.05, 0.1) is 13.7 Å². The normalized spacial score (nSPS) is 11.4. The Labute approximate surface area is 104 Å². The number of halogens is 3. The van der Waals surface area contributed by atoms with Crippen molar-refractivity contribution in [1.29, 1.82) is 0 Å². The number of rotatable bonds is 6. The summed E-state index contributed by atoms with van der Waals surface area (Å²) in [5.74, 6) is 1.10. The minimum absolute atomic E-state index is 0.122. The Hall–Kier alpha value is -1.43. The molecule has 0 heterocycles. The SMILES string of the molecule is COc1cc(C)ccc1OCCNCC(F)(F)F. The zero-order valence-corrected chi connectivity index (χ0v) is 10.3. The molecule has 0 unspecified atom stereocenters. The highest BCUT2D eigenvalue weighted by Crippen LogP contribution is 2.27. The number of nitrogens with one attached hydrogen (secondary N) is 1. The van der Waals surface area contributed by atoms with Gasteiger partial charge in [-0.05, 0) is 24.6 Å². The Morgan fingerprint density at radius 1 is 1.22 bits per heavy atom. The average Bonchev–Trinajstić information content (AvgIpc) is 2.28. The topological polar surface area (TPSA) is 30.5 Å². The Morgan fingerprint density at radius 2 is 1.94 bits per heavy atom.